The molecule has 2 heteroatoms. The second kappa shape index (κ2) is 11.0. The van der Waals surface area contributed by atoms with Gasteiger partial charge in [0.05, 0.1) is 0 Å². The van der Waals surface area contributed by atoms with Gasteiger partial charge in [-0.1, -0.05) is 45.4 Å². The molecule has 12 heavy (non-hydrogen) atoms. The van der Waals surface area contributed by atoms with E-state index in [4.69, 9.17) is 0 Å². The number of rotatable bonds is 9. The van der Waals surface area contributed by atoms with Gasteiger partial charge < -0.3 is 0 Å². The zero-order chi connectivity index (χ0) is 9.07. The van der Waals surface area contributed by atoms with E-state index in [9.17, 15) is 4.21 Å². The maximum atomic E-state index is 10.0. The standard InChI is InChI=1S/C10H20OS/c1-2-3-4-5-6-7-8-9-10-12-11/h1-10H2/q+1. The Hall–Kier alpha value is 0.0200. The van der Waals surface area contributed by atoms with Crippen LogP contribution >= 0.6 is 0 Å². The molecule has 0 bridgehead atoms. The molecule has 0 rings (SSSR count). The van der Waals surface area contributed by atoms with Gasteiger partial charge in [-0.3, -0.25) is 0 Å². The molecule has 0 aliphatic carbocycles. The summed E-state index contributed by atoms with van der Waals surface area (Å²) in [6.45, 7) is 3.81. The third kappa shape index (κ3) is 10.0. The summed E-state index contributed by atoms with van der Waals surface area (Å²) in [4.78, 5) is 0. The molecule has 1 radical (unpaired) electrons. The van der Waals surface area contributed by atoms with Gasteiger partial charge in [-0.25, -0.2) is 0 Å². The van der Waals surface area contributed by atoms with E-state index in [0.717, 1.165) is 18.6 Å². The van der Waals surface area contributed by atoms with Crippen LogP contribution in [0.2, 0.25) is 0 Å². The van der Waals surface area contributed by atoms with Gasteiger partial charge in [0, 0.05) is 10.6 Å². The first-order valence-corrected chi connectivity index (χ1v) is 5.87. The molecular weight excluding hydrogens is 168 g/mol. The Kier molecular flexibility index (Phi) is 11.0. The van der Waals surface area contributed by atoms with Crippen molar-refractivity contribution < 1.29 is 4.21 Å². The Morgan fingerprint density at radius 1 is 0.833 bits per heavy atom. The Balaban J connectivity index is 2.77. The van der Waals surface area contributed by atoms with Crippen molar-refractivity contribution >= 4 is 11.7 Å². The summed E-state index contributed by atoms with van der Waals surface area (Å²) in [6.07, 6.45) is 10.0. The van der Waals surface area contributed by atoms with Gasteiger partial charge >= 0.3 is 11.7 Å². The number of unbranched alkanes of at least 4 members (excludes halogenated alkanes) is 7. The van der Waals surface area contributed by atoms with Crippen molar-refractivity contribution in [1.82, 2.24) is 0 Å². The smallest absolute Gasteiger partial charge is 0.0533 e. The predicted molar refractivity (Wildman–Crippen MR) is 55.2 cm³/mol. The Bertz CT molecular complexity index is 93.8. The van der Waals surface area contributed by atoms with E-state index in [2.05, 4.69) is 6.92 Å². The predicted octanol–water partition coefficient (Wildman–Crippen LogP) is 3.37. The van der Waals surface area contributed by atoms with Crippen LogP contribution in [-0.4, -0.2) is 5.75 Å². The summed E-state index contributed by atoms with van der Waals surface area (Å²) in [5, 5.41) is 0. The molecular formula is C10H20OS+. The maximum Gasteiger partial charge on any atom is 0.458 e. The fourth-order valence-corrected chi connectivity index (χ4v) is 1.54. The van der Waals surface area contributed by atoms with E-state index in [0.29, 0.717) is 11.7 Å². The van der Waals surface area contributed by atoms with E-state index >= 15 is 0 Å². The van der Waals surface area contributed by atoms with Gasteiger partial charge in [-0.15, -0.1) is 0 Å². The van der Waals surface area contributed by atoms with Crippen LogP contribution in [0.15, 0.2) is 0 Å². The highest BCUT2D eigenvalue weighted by molar-refractivity contribution is 7.65. The van der Waals surface area contributed by atoms with Crippen LogP contribution in [0, 0.1) is 6.92 Å². The number of hydrogen-bond donors (Lipinski definition) is 0. The molecule has 0 unspecified atom stereocenters. The molecule has 0 saturated heterocycles. The van der Waals surface area contributed by atoms with E-state index < -0.39 is 0 Å². The average Bonchev–Trinajstić information content (AvgIpc) is 2.10. The van der Waals surface area contributed by atoms with Crippen molar-refractivity contribution in [2.75, 3.05) is 5.75 Å². The number of hydrogen-bond acceptors (Lipinski definition) is 1. The lowest BCUT2D eigenvalue weighted by Gasteiger charge is -1.97. The largest absolute Gasteiger partial charge is 0.458 e. The lowest BCUT2D eigenvalue weighted by Crippen LogP contribution is -1.83. The third-order valence-corrected chi connectivity index (χ3v) is 2.43. The van der Waals surface area contributed by atoms with Crippen LogP contribution in [0.5, 0.6) is 0 Å². The minimum atomic E-state index is 0.715. The minimum absolute atomic E-state index is 0.715. The monoisotopic (exact) mass is 188 g/mol. The van der Waals surface area contributed by atoms with E-state index in [-0.39, 0.29) is 0 Å². The quantitative estimate of drug-likeness (QED) is 0.400. The van der Waals surface area contributed by atoms with Crippen molar-refractivity contribution in [2.24, 2.45) is 0 Å². The SMILES string of the molecule is [CH2]CCCCCCCCC[S+]=O. The third-order valence-electron chi connectivity index (χ3n) is 1.98. The fraction of sp³-hybridized carbons (Fsp3) is 0.900. The highest BCUT2D eigenvalue weighted by Gasteiger charge is 1.96. The van der Waals surface area contributed by atoms with Crippen molar-refractivity contribution in [2.45, 2.75) is 51.4 Å². The Morgan fingerprint density at radius 3 is 1.83 bits per heavy atom. The maximum absolute atomic E-state index is 10.0. The molecule has 0 aromatic rings. The summed E-state index contributed by atoms with van der Waals surface area (Å²) >= 11 is 0.715. The highest BCUT2D eigenvalue weighted by Crippen LogP contribution is 2.07. The molecule has 0 amide bonds. The molecule has 0 atom stereocenters. The van der Waals surface area contributed by atoms with Crippen LogP contribution in [0.1, 0.15) is 51.4 Å². The first kappa shape index (κ1) is 12.0. The van der Waals surface area contributed by atoms with Crippen LogP contribution in [0.4, 0.5) is 0 Å². The van der Waals surface area contributed by atoms with Gasteiger partial charge in [0.25, 0.3) is 0 Å². The second-order valence-corrected chi connectivity index (χ2v) is 3.79. The molecule has 0 saturated carbocycles. The molecule has 0 fully saturated rings. The summed E-state index contributed by atoms with van der Waals surface area (Å²) in [5.41, 5.74) is 0. The van der Waals surface area contributed by atoms with Gasteiger partial charge in [-0.05, 0) is 6.42 Å². The van der Waals surface area contributed by atoms with Gasteiger partial charge in [0.15, 0.2) is 0 Å². The molecule has 0 aromatic carbocycles. The summed E-state index contributed by atoms with van der Waals surface area (Å²) in [7, 11) is 0. The van der Waals surface area contributed by atoms with Crippen molar-refractivity contribution in [1.29, 1.82) is 0 Å². The molecule has 0 aliphatic heterocycles. The Morgan fingerprint density at radius 2 is 1.33 bits per heavy atom. The van der Waals surface area contributed by atoms with E-state index in [1.54, 1.807) is 0 Å². The topological polar surface area (TPSA) is 17.1 Å². The summed E-state index contributed by atoms with van der Waals surface area (Å²) in [6, 6.07) is 0. The molecule has 0 N–H and O–H groups in total. The van der Waals surface area contributed by atoms with Crippen molar-refractivity contribution in [3.63, 3.8) is 0 Å². The van der Waals surface area contributed by atoms with Crippen LogP contribution in [-0.2, 0) is 15.9 Å². The summed E-state index contributed by atoms with van der Waals surface area (Å²) < 4.78 is 10.0. The van der Waals surface area contributed by atoms with Gasteiger partial charge in [-0.2, -0.15) is 0 Å². The van der Waals surface area contributed by atoms with Crippen LogP contribution < -0.4 is 0 Å². The molecule has 0 spiro atoms. The minimum Gasteiger partial charge on any atom is -0.0533 e. The zero-order valence-corrected chi connectivity index (χ0v) is 8.70. The van der Waals surface area contributed by atoms with Crippen LogP contribution in [0.3, 0.4) is 0 Å². The molecule has 0 heterocycles. The van der Waals surface area contributed by atoms with Crippen molar-refractivity contribution in [3.8, 4) is 0 Å². The second-order valence-electron chi connectivity index (χ2n) is 3.15. The lowest BCUT2D eigenvalue weighted by atomic mass is 10.1. The van der Waals surface area contributed by atoms with Gasteiger partial charge in [0.2, 0.25) is 5.75 Å². The molecule has 1 nitrogen and oxygen atoms in total. The van der Waals surface area contributed by atoms with Crippen molar-refractivity contribution in [3.05, 3.63) is 6.92 Å². The van der Waals surface area contributed by atoms with E-state index in [1.807, 2.05) is 0 Å². The van der Waals surface area contributed by atoms with Gasteiger partial charge in [0.1, 0.15) is 0 Å². The molecule has 0 aromatic heterocycles. The first-order valence-electron chi connectivity index (χ1n) is 4.96. The Labute approximate surface area is 80.4 Å². The molecule has 0 aliphatic rings. The van der Waals surface area contributed by atoms with E-state index in [1.165, 1.54) is 38.5 Å². The van der Waals surface area contributed by atoms with Crippen LogP contribution in [0.25, 0.3) is 0 Å². The lowest BCUT2D eigenvalue weighted by molar-refractivity contribution is 0.585. The fourth-order valence-electron chi connectivity index (χ4n) is 1.22. The molecule has 71 valence electrons. The first-order chi connectivity index (χ1) is 5.91. The highest BCUT2D eigenvalue weighted by atomic mass is 32.1. The average molecular weight is 188 g/mol. The zero-order valence-electron chi connectivity index (χ0n) is 7.89. The normalized spacial score (nSPS) is 10.1. The summed E-state index contributed by atoms with van der Waals surface area (Å²) in [5.74, 6) is 0.791.